The van der Waals surface area contributed by atoms with Crippen LogP contribution in [0.5, 0.6) is 0 Å². The predicted octanol–water partition coefficient (Wildman–Crippen LogP) is 0.662. The van der Waals surface area contributed by atoms with Crippen molar-refractivity contribution < 1.29 is 0 Å². The van der Waals surface area contributed by atoms with Gasteiger partial charge in [0.15, 0.2) is 11.5 Å². The second-order valence-electron chi connectivity index (χ2n) is 4.76. The van der Waals surface area contributed by atoms with Crippen molar-refractivity contribution in [2.75, 3.05) is 36.0 Å². The SMILES string of the molecule is CC.c1cnc(N2CCN(c3ccc4nnnn4n3)CC2)cn1. The summed E-state index contributed by atoms with van der Waals surface area (Å²) in [7, 11) is 0. The average molecular weight is 313 g/mol. The number of aromatic nitrogens is 7. The fraction of sp³-hybridized carbons (Fsp3) is 0.429. The molecule has 0 radical (unpaired) electrons. The quantitative estimate of drug-likeness (QED) is 0.682. The van der Waals surface area contributed by atoms with Crippen LogP contribution in [0, 0.1) is 0 Å². The van der Waals surface area contributed by atoms with Gasteiger partial charge in [-0.2, -0.15) is 0 Å². The van der Waals surface area contributed by atoms with Gasteiger partial charge < -0.3 is 9.80 Å². The maximum atomic E-state index is 4.42. The van der Waals surface area contributed by atoms with Crippen LogP contribution in [0.2, 0.25) is 0 Å². The van der Waals surface area contributed by atoms with Crippen LogP contribution in [0.25, 0.3) is 5.65 Å². The van der Waals surface area contributed by atoms with Gasteiger partial charge in [-0.3, -0.25) is 4.98 Å². The van der Waals surface area contributed by atoms with E-state index in [4.69, 9.17) is 0 Å². The van der Waals surface area contributed by atoms with Gasteiger partial charge in [-0.1, -0.05) is 13.8 Å². The molecule has 1 saturated heterocycles. The Labute approximate surface area is 134 Å². The first-order valence-electron chi connectivity index (χ1n) is 7.71. The van der Waals surface area contributed by atoms with E-state index >= 15 is 0 Å². The Morgan fingerprint density at radius 1 is 0.913 bits per heavy atom. The second kappa shape index (κ2) is 6.95. The minimum atomic E-state index is 0.650. The van der Waals surface area contributed by atoms with Crippen molar-refractivity contribution in [3.63, 3.8) is 0 Å². The summed E-state index contributed by atoms with van der Waals surface area (Å²) in [4.78, 5) is 12.9. The van der Waals surface area contributed by atoms with Crippen LogP contribution in [0.3, 0.4) is 0 Å². The summed E-state index contributed by atoms with van der Waals surface area (Å²) in [5, 5.41) is 15.7. The highest BCUT2D eigenvalue weighted by atomic mass is 15.6. The smallest absolute Gasteiger partial charge is 0.200 e. The van der Waals surface area contributed by atoms with Crippen LogP contribution in [-0.4, -0.2) is 61.4 Å². The van der Waals surface area contributed by atoms with E-state index in [-0.39, 0.29) is 0 Å². The van der Waals surface area contributed by atoms with Gasteiger partial charge in [0.05, 0.1) is 6.20 Å². The Balaban J connectivity index is 0.000000753. The lowest BCUT2D eigenvalue weighted by Gasteiger charge is -2.35. The molecule has 0 unspecified atom stereocenters. The van der Waals surface area contributed by atoms with E-state index in [1.807, 2.05) is 26.0 Å². The fourth-order valence-electron chi connectivity index (χ4n) is 2.43. The standard InChI is InChI=1S/C12H13N9.C2H6/c1-2-11(16-21-10(1)15-17-18-21)19-5-7-20(8-6-19)12-9-13-3-4-14-12;1-2/h1-4,9H,5-8H2;1-2H3. The van der Waals surface area contributed by atoms with Crippen molar-refractivity contribution >= 4 is 17.3 Å². The molecule has 0 N–H and O–H groups in total. The van der Waals surface area contributed by atoms with Crippen molar-refractivity contribution in [3.8, 4) is 0 Å². The topological polar surface area (TPSA) is 88.2 Å². The van der Waals surface area contributed by atoms with Gasteiger partial charge in [0.2, 0.25) is 0 Å². The number of tetrazole rings is 1. The van der Waals surface area contributed by atoms with Gasteiger partial charge in [-0.25, -0.2) is 4.98 Å². The zero-order valence-corrected chi connectivity index (χ0v) is 13.2. The third-order valence-electron chi connectivity index (χ3n) is 3.53. The summed E-state index contributed by atoms with van der Waals surface area (Å²) in [6.45, 7) is 7.51. The van der Waals surface area contributed by atoms with Crippen LogP contribution in [0.15, 0.2) is 30.7 Å². The number of hydrogen-bond acceptors (Lipinski definition) is 8. The normalized spacial score (nSPS) is 14.5. The minimum absolute atomic E-state index is 0.650. The highest BCUT2D eigenvalue weighted by molar-refractivity contribution is 5.46. The van der Waals surface area contributed by atoms with Crippen LogP contribution in [0.1, 0.15) is 13.8 Å². The first-order valence-corrected chi connectivity index (χ1v) is 7.71. The molecule has 1 fully saturated rings. The molecule has 4 rings (SSSR count). The third kappa shape index (κ3) is 3.17. The highest BCUT2D eigenvalue weighted by Gasteiger charge is 2.19. The van der Waals surface area contributed by atoms with Crippen molar-refractivity contribution in [1.82, 2.24) is 35.2 Å². The van der Waals surface area contributed by atoms with Gasteiger partial charge in [0, 0.05) is 38.6 Å². The Kier molecular flexibility index (Phi) is 4.55. The Hall–Kier alpha value is -2.84. The fourth-order valence-corrected chi connectivity index (χ4v) is 2.43. The summed E-state index contributed by atoms with van der Waals surface area (Å²) < 4.78 is 1.45. The maximum absolute atomic E-state index is 4.42. The van der Waals surface area contributed by atoms with E-state index in [1.54, 1.807) is 18.6 Å². The molecule has 0 saturated carbocycles. The molecule has 3 aromatic heterocycles. The predicted molar refractivity (Wildman–Crippen MR) is 86.4 cm³/mol. The highest BCUT2D eigenvalue weighted by Crippen LogP contribution is 2.16. The Bertz CT molecular complexity index is 734. The molecule has 0 aliphatic carbocycles. The molecule has 0 spiro atoms. The van der Waals surface area contributed by atoms with Crippen molar-refractivity contribution in [3.05, 3.63) is 30.7 Å². The zero-order valence-electron chi connectivity index (χ0n) is 13.2. The molecule has 1 aliphatic heterocycles. The molecule has 23 heavy (non-hydrogen) atoms. The number of piperazine rings is 1. The molecule has 0 aromatic carbocycles. The van der Waals surface area contributed by atoms with E-state index in [0.29, 0.717) is 5.65 Å². The van der Waals surface area contributed by atoms with Crippen LogP contribution in [0.4, 0.5) is 11.6 Å². The Morgan fingerprint density at radius 3 is 2.35 bits per heavy atom. The zero-order chi connectivity index (χ0) is 16.1. The molecule has 0 amide bonds. The van der Waals surface area contributed by atoms with Crippen molar-refractivity contribution in [1.29, 1.82) is 0 Å². The second-order valence-corrected chi connectivity index (χ2v) is 4.76. The largest absolute Gasteiger partial charge is 0.352 e. The lowest BCUT2D eigenvalue weighted by molar-refractivity contribution is 0.627. The number of fused-ring (bicyclic) bond motifs is 1. The van der Waals surface area contributed by atoms with Gasteiger partial charge >= 0.3 is 0 Å². The van der Waals surface area contributed by atoms with E-state index in [0.717, 1.165) is 37.8 Å². The summed E-state index contributed by atoms with van der Waals surface area (Å²) in [6.07, 6.45) is 5.20. The first-order chi connectivity index (χ1) is 11.4. The molecular weight excluding hydrogens is 294 g/mol. The molecule has 3 aromatic rings. The molecule has 9 heteroatoms. The molecule has 4 heterocycles. The van der Waals surface area contributed by atoms with E-state index < -0.39 is 0 Å². The third-order valence-corrected chi connectivity index (χ3v) is 3.53. The van der Waals surface area contributed by atoms with Gasteiger partial charge in [-0.05, 0) is 22.6 Å². The first kappa shape index (κ1) is 15.1. The summed E-state index contributed by atoms with van der Waals surface area (Å²) in [5.41, 5.74) is 0.650. The molecule has 1 aliphatic rings. The van der Waals surface area contributed by atoms with Gasteiger partial charge in [0.1, 0.15) is 5.82 Å². The summed E-state index contributed by atoms with van der Waals surface area (Å²) in [5.74, 6) is 1.80. The van der Waals surface area contributed by atoms with E-state index in [1.165, 1.54) is 4.63 Å². The van der Waals surface area contributed by atoms with E-state index in [2.05, 4.69) is 40.4 Å². The monoisotopic (exact) mass is 313 g/mol. The maximum Gasteiger partial charge on any atom is 0.200 e. The molecule has 9 nitrogen and oxygen atoms in total. The van der Waals surface area contributed by atoms with Gasteiger partial charge in [-0.15, -0.1) is 14.8 Å². The minimum Gasteiger partial charge on any atom is -0.352 e. The number of hydrogen-bond donors (Lipinski definition) is 0. The van der Waals surface area contributed by atoms with Crippen molar-refractivity contribution in [2.24, 2.45) is 0 Å². The molecule has 120 valence electrons. The molecule has 0 bridgehead atoms. The summed E-state index contributed by atoms with van der Waals surface area (Å²) >= 11 is 0. The Morgan fingerprint density at radius 2 is 1.65 bits per heavy atom. The van der Waals surface area contributed by atoms with E-state index in [9.17, 15) is 0 Å². The summed E-state index contributed by atoms with van der Waals surface area (Å²) in [6, 6.07) is 3.82. The average Bonchev–Trinajstić information content (AvgIpc) is 3.12. The lowest BCUT2D eigenvalue weighted by Crippen LogP contribution is -2.47. The molecule has 0 atom stereocenters. The van der Waals surface area contributed by atoms with Crippen LogP contribution < -0.4 is 9.80 Å². The number of rotatable bonds is 2. The molecular formula is C14H19N9. The van der Waals surface area contributed by atoms with Gasteiger partial charge in [0.25, 0.3) is 0 Å². The lowest BCUT2D eigenvalue weighted by atomic mass is 10.3. The number of nitrogens with zero attached hydrogens (tertiary/aromatic N) is 9. The van der Waals surface area contributed by atoms with Crippen LogP contribution >= 0.6 is 0 Å². The number of anilines is 2. The van der Waals surface area contributed by atoms with Crippen molar-refractivity contribution in [2.45, 2.75) is 13.8 Å². The van der Waals surface area contributed by atoms with Crippen LogP contribution in [-0.2, 0) is 0 Å².